The number of rotatable bonds is 4. The molecule has 6 aromatic carbocycles. The summed E-state index contributed by atoms with van der Waals surface area (Å²) in [6.07, 6.45) is 3.10. The standard InChI is InChI=1S/2C18H13N2O3.2C10H14.2Os/c2*1-11-16(21)13-7-3-4-8-14(13)18(23,17(11)22)20-15-9-5-2-6-12(15)10-19-20;2*1-8(2)10-6-4-9(3)5-7-10;;/h2*2-10,22H,1H3;2*4-8H,1-3H3;;/q2*-1;;;2*+2/p-2/t2*18-;;;;/m10..../s1. The second-order valence-corrected chi connectivity index (χ2v) is 17.3. The Hall–Kier alpha value is -6.13. The second-order valence-electron chi connectivity index (χ2n) is 17.3. The number of allylic oxidation sites excluding steroid dienone is 2. The minimum absolute atomic E-state index is 0. The molecule has 0 spiro atoms. The number of aromatic nitrogens is 4. The van der Waals surface area contributed by atoms with Crippen molar-refractivity contribution >= 4 is 33.4 Å². The Bertz CT molecular complexity index is 2920. The largest absolute Gasteiger partial charge is 2.00 e. The fourth-order valence-electron chi connectivity index (χ4n) is 8.08. The third-order valence-electron chi connectivity index (χ3n) is 12.1. The van der Waals surface area contributed by atoms with Crippen LogP contribution in [-0.2, 0) is 51.0 Å². The van der Waals surface area contributed by atoms with Gasteiger partial charge in [-0.25, -0.2) is 0 Å². The van der Waals surface area contributed by atoms with Crippen LogP contribution in [-0.4, -0.2) is 31.1 Å². The Labute approximate surface area is 423 Å². The van der Waals surface area contributed by atoms with Gasteiger partial charge in [0.1, 0.15) is 0 Å². The zero-order valence-corrected chi connectivity index (χ0v) is 44.2. The van der Waals surface area contributed by atoms with Crippen LogP contribution >= 0.6 is 0 Å². The zero-order valence-electron chi connectivity index (χ0n) is 39.1. The van der Waals surface area contributed by atoms with Crippen molar-refractivity contribution in [2.45, 2.75) is 78.7 Å². The monoisotopic (exact) mass is 1260 g/mol. The molecule has 0 aliphatic heterocycles. The first-order valence-corrected chi connectivity index (χ1v) is 22.0. The van der Waals surface area contributed by atoms with E-state index in [-0.39, 0.29) is 73.0 Å². The molecule has 0 bridgehead atoms. The summed E-state index contributed by atoms with van der Waals surface area (Å²) in [6, 6.07) is 44.7. The van der Waals surface area contributed by atoms with E-state index >= 15 is 0 Å². The Kier molecular flexibility index (Phi) is 17.0. The van der Waals surface area contributed by atoms with E-state index in [2.05, 4.69) is 100 Å². The van der Waals surface area contributed by atoms with Crippen LogP contribution in [0.5, 0.6) is 0 Å². The summed E-state index contributed by atoms with van der Waals surface area (Å²) >= 11 is 0. The van der Waals surface area contributed by atoms with Crippen molar-refractivity contribution in [2.24, 2.45) is 0 Å². The van der Waals surface area contributed by atoms with Crippen LogP contribution in [0.3, 0.4) is 0 Å². The van der Waals surface area contributed by atoms with Gasteiger partial charge in [-0.2, -0.15) is 10.2 Å². The molecule has 10 rings (SSSR count). The van der Waals surface area contributed by atoms with Gasteiger partial charge in [-0.05, 0) is 85.1 Å². The summed E-state index contributed by atoms with van der Waals surface area (Å²) in [5, 5.41) is 62.7. The molecule has 2 heterocycles. The van der Waals surface area contributed by atoms with Gasteiger partial charge in [-0.3, -0.25) is 19.0 Å². The second kappa shape index (κ2) is 21.9. The van der Waals surface area contributed by atoms with Crippen molar-refractivity contribution in [3.8, 4) is 0 Å². The molecule has 68 heavy (non-hydrogen) atoms. The number of Topliss-reactive ketones (excluding diaryl/α,β-unsaturated/α-hetero) is 2. The quantitative estimate of drug-likeness (QED) is 0.171. The Morgan fingerprint density at radius 1 is 0.456 bits per heavy atom. The van der Waals surface area contributed by atoms with Gasteiger partial charge in [0.25, 0.3) is 0 Å². The van der Waals surface area contributed by atoms with Gasteiger partial charge in [-0.1, -0.05) is 172 Å². The van der Waals surface area contributed by atoms with Gasteiger partial charge in [0.2, 0.25) is 0 Å². The third-order valence-corrected chi connectivity index (χ3v) is 12.1. The SMILES string of the molecule is CC1=C([O-])[C@@]([O-])(n2ncc3ccccc32)c2ccccc2C1=O.CC1=C([O-])[C@]([O-])(n2ncc3ccccc32)c2ccccc2C1=O.Cc1ccc(C(C)C)cc1.Cc1ccc(C(C)C)cc1.[Os+2].[Os+2]. The predicted molar refractivity (Wildman–Crippen MR) is 251 cm³/mol. The van der Waals surface area contributed by atoms with E-state index in [1.165, 1.54) is 57.6 Å². The number of aryl methyl sites for hydroxylation is 2. The number of hydrogen-bond acceptors (Lipinski definition) is 8. The molecule has 348 valence electrons. The number of ketones is 2. The van der Waals surface area contributed by atoms with E-state index in [0.29, 0.717) is 22.9 Å². The molecule has 2 aliphatic rings. The van der Waals surface area contributed by atoms with Crippen LogP contribution < -0.4 is 20.4 Å². The minimum Gasteiger partial charge on any atom is -0.874 e. The maximum atomic E-state index is 13.7. The van der Waals surface area contributed by atoms with Gasteiger partial charge in [0, 0.05) is 33.3 Å². The van der Waals surface area contributed by atoms with Crippen LogP contribution in [0.25, 0.3) is 21.8 Å². The molecule has 10 nitrogen and oxygen atoms in total. The van der Waals surface area contributed by atoms with Crippen molar-refractivity contribution in [1.29, 1.82) is 0 Å². The fourth-order valence-corrected chi connectivity index (χ4v) is 8.08. The molecule has 0 radical (unpaired) electrons. The van der Waals surface area contributed by atoms with Gasteiger partial charge in [-0.15, -0.1) is 11.5 Å². The minimum atomic E-state index is -2.27. The maximum Gasteiger partial charge on any atom is 2.00 e. The van der Waals surface area contributed by atoms with Gasteiger partial charge in [0.05, 0.1) is 23.4 Å². The molecule has 0 saturated heterocycles. The summed E-state index contributed by atoms with van der Waals surface area (Å²) in [4.78, 5) is 24.6. The number of carbonyl (C=O) groups excluding carboxylic acids is 2. The fraction of sp³-hybridized carbons (Fsp3) is 0.214. The Morgan fingerprint density at radius 3 is 1.10 bits per heavy atom. The third kappa shape index (κ3) is 10.0. The van der Waals surface area contributed by atoms with Crippen LogP contribution in [0.1, 0.15) is 107 Å². The molecule has 2 atom stereocenters. The first-order chi connectivity index (χ1) is 31.5. The smallest absolute Gasteiger partial charge is 0.874 e. The zero-order chi connectivity index (χ0) is 47.5. The van der Waals surface area contributed by atoms with Crippen LogP contribution in [0, 0.1) is 13.8 Å². The van der Waals surface area contributed by atoms with Crippen LogP contribution in [0.4, 0.5) is 0 Å². The molecule has 0 N–H and O–H groups in total. The summed E-state index contributed by atoms with van der Waals surface area (Å²) < 4.78 is 2.36. The summed E-state index contributed by atoms with van der Waals surface area (Å²) in [5.41, 5.74) is 2.82. The van der Waals surface area contributed by atoms with Crippen LogP contribution in [0.2, 0.25) is 0 Å². The molecular formula is C56H52N4O6Os2. The van der Waals surface area contributed by atoms with Crippen molar-refractivity contribution in [1.82, 2.24) is 19.6 Å². The van der Waals surface area contributed by atoms with Crippen LogP contribution in [0.15, 0.2) is 181 Å². The first-order valence-electron chi connectivity index (χ1n) is 22.0. The number of benzene rings is 6. The number of carbonyl (C=O) groups is 2. The molecule has 12 heteroatoms. The average Bonchev–Trinajstić information content (AvgIpc) is 3.98. The molecule has 0 unspecified atom stereocenters. The maximum absolute atomic E-state index is 13.7. The number of nitrogens with zero attached hydrogens (tertiary/aromatic N) is 4. The molecular weight excluding hydrogens is 1210 g/mol. The molecule has 2 aromatic heterocycles. The predicted octanol–water partition coefficient (Wildman–Crippen LogP) is 8.09. The van der Waals surface area contributed by atoms with E-state index in [1.807, 2.05) is 24.3 Å². The number of fused-ring (bicyclic) bond motifs is 4. The molecule has 0 saturated carbocycles. The molecule has 0 fully saturated rings. The Morgan fingerprint density at radius 2 is 0.765 bits per heavy atom. The summed E-state index contributed by atoms with van der Waals surface area (Å²) in [5.74, 6) is -0.992. The number of hydrogen-bond donors (Lipinski definition) is 0. The van der Waals surface area contributed by atoms with Crippen molar-refractivity contribution in [3.63, 3.8) is 0 Å². The summed E-state index contributed by atoms with van der Waals surface area (Å²) in [7, 11) is 0. The topological polar surface area (TPSA) is 162 Å². The van der Waals surface area contributed by atoms with Gasteiger partial charge in [0.15, 0.2) is 11.6 Å². The van der Waals surface area contributed by atoms with Crippen molar-refractivity contribution in [2.75, 3.05) is 0 Å². The number of para-hydroxylation sites is 2. The molecule has 2 aliphatic carbocycles. The molecule has 0 amide bonds. The van der Waals surface area contributed by atoms with Gasteiger partial charge >= 0.3 is 39.6 Å². The molecule has 8 aromatic rings. The Balaban J connectivity index is 0.000000180. The van der Waals surface area contributed by atoms with Crippen molar-refractivity contribution < 1.29 is 69.6 Å². The van der Waals surface area contributed by atoms with Gasteiger partial charge < -0.3 is 20.4 Å². The van der Waals surface area contributed by atoms with E-state index in [9.17, 15) is 30.0 Å². The summed E-state index contributed by atoms with van der Waals surface area (Å²) in [6.45, 7) is 15.9. The first kappa shape index (κ1) is 52.8. The normalized spacial score (nSPS) is 17.2. The average molecular weight is 1260 g/mol. The van der Waals surface area contributed by atoms with E-state index in [1.54, 1.807) is 73.1 Å². The van der Waals surface area contributed by atoms with E-state index < -0.39 is 34.5 Å². The van der Waals surface area contributed by atoms with E-state index in [4.69, 9.17) is 0 Å². The van der Waals surface area contributed by atoms with E-state index in [0.717, 1.165) is 10.8 Å². The van der Waals surface area contributed by atoms with Crippen molar-refractivity contribution in [3.05, 3.63) is 225 Å².